The molecule has 4 aromatic rings. The number of nitrogens with two attached hydrogens (primary N) is 1. The standard InChI is InChI=1S/C34H38FN5O5S.C2HF3O2/c1-5-45-29-20-23(12-14-28(29)35)31(40(36)25-13-11-24-21-37-17-15-22(24)19-25)34(42)39-18-16-27(33(41)38(3)4)32(39)26-9-7-8-10-30(26)46(43,44)6-2;3-2(4,5)1(6)7/h7-15,17,19-21,27,31-32H,5-6,16,18,36H2,1-4H3;(H,6,7)/t27-,31+,32-;/m0./s1. The first-order valence-electron chi connectivity index (χ1n) is 16.4. The van der Waals surface area contributed by atoms with Crippen LogP contribution in [0.5, 0.6) is 5.75 Å². The van der Waals surface area contributed by atoms with Gasteiger partial charge < -0.3 is 19.6 Å². The van der Waals surface area contributed by atoms with Gasteiger partial charge in [0.2, 0.25) is 5.91 Å². The van der Waals surface area contributed by atoms with E-state index in [4.69, 9.17) is 20.5 Å². The number of hydrazine groups is 1. The third kappa shape index (κ3) is 9.03. The predicted molar refractivity (Wildman–Crippen MR) is 188 cm³/mol. The smallest absolute Gasteiger partial charge is 0.490 e. The number of hydrogen-bond donors (Lipinski definition) is 2. The van der Waals surface area contributed by atoms with E-state index >= 15 is 0 Å². The zero-order chi connectivity index (χ0) is 39.2. The molecule has 0 radical (unpaired) electrons. The molecule has 1 fully saturated rings. The van der Waals surface area contributed by atoms with Gasteiger partial charge in [-0.1, -0.05) is 37.3 Å². The number of anilines is 1. The summed E-state index contributed by atoms with van der Waals surface area (Å²) in [5, 5.41) is 10.2. The van der Waals surface area contributed by atoms with Crippen molar-refractivity contribution in [2.45, 2.75) is 43.4 Å². The molecule has 1 aromatic heterocycles. The number of carbonyl (C=O) groups excluding carboxylic acids is 2. The molecule has 17 heteroatoms. The minimum atomic E-state index is -5.08. The van der Waals surface area contributed by atoms with Gasteiger partial charge in [-0.2, -0.15) is 13.2 Å². The van der Waals surface area contributed by atoms with E-state index in [1.165, 1.54) is 39.1 Å². The summed E-state index contributed by atoms with van der Waals surface area (Å²) in [6.07, 6.45) is -1.40. The molecule has 1 saturated heterocycles. The number of alkyl halides is 3. The lowest BCUT2D eigenvalue weighted by atomic mass is 9.91. The molecular weight excluding hydrogens is 722 g/mol. The number of benzene rings is 3. The van der Waals surface area contributed by atoms with Crippen molar-refractivity contribution in [3.8, 4) is 5.75 Å². The van der Waals surface area contributed by atoms with Crippen molar-refractivity contribution in [1.82, 2.24) is 14.8 Å². The minimum absolute atomic E-state index is 0.0335. The topological polar surface area (TPSA) is 163 Å². The Bertz CT molecular complexity index is 2080. The van der Waals surface area contributed by atoms with Crippen LogP contribution < -0.4 is 15.6 Å². The van der Waals surface area contributed by atoms with Crippen LogP contribution in [0.1, 0.15) is 43.5 Å². The van der Waals surface area contributed by atoms with Crippen LogP contribution in [0.15, 0.2) is 84.0 Å². The van der Waals surface area contributed by atoms with Gasteiger partial charge in [-0.15, -0.1) is 0 Å². The molecule has 1 aliphatic rings. The zero-order valence-corrected chi connectivity index (χ0v) is 30.1. The molecule has 0 saturated carbocycles. The summed E-state index contributed by atoms with van der Waals surface area (Å²) in [6, 6.07) is 15.8. The predicted octanol–water partition coefficient (Wildman–Crippen LogP) is 5.30. The lowest BCUT2D eigenvalue weighted by Crippen LogP contribution is -2.47. The summed E-state index contributed by atoms with van der Waals surface area (Å²) in [6.45, 7) is 3.65. The SMILES string of the molecule is CCOc1cc([C@H](C(=O)N2CC[C@H](C(=O)N(C)C)[C@@H]2c2ccccc2S(=O)(=O)CC)N(N)c2ccc3cnccc3c2)ccc1F.O=C(O)C(F)(F)F. The fourth-order valence-electron chi connectivity index (χ4n) is 6.09. The average Bonchev–Trinajstić information content (AvgIpc) is 3.57. The van der Waals surface area contributed by atoms with E-state index in [9.17, 15) is 35.6 Å². The summed E-state index contributed by atoms with van der Waals surface area (Å²) < 4.78 is 78.5. The highest BCUT2D eigenvalue weighted by atomic mass is 32.2. The van der Waals surface area contributed by atoms with Crippen LogP contribution in [0, 0.1) is 11.7 Å². The molecule has 12 nitrogen and oxygen atoms in total. The number of fused-ring (bicyclic) bond motifs is 1. The Kier molecular flexibility index (Phi) is 12.7. The van der Waals surface area contributed by atoms with E-state index in [0.29, 0.717) is 23.2 Å². The van der Waals surface area contributed by atoms with E-state index in [2.05, 4.69) is 4.98 Å². The second kappa shape index (κ2) is 16.6. The molecule has 0 spiro atoms. The molecule has 3 N–H and O–H groups in total. The van der Waals surface area contributed by atoms with E-state index in [1.54, 1.807) is 64.6 Å². The van der Waals surface area contributed by atoms with Crippen molar-refractivity contribution in [2.24, 2.45) is 11.8 Å². The molecule has 3 atom stereocenters. The number of aromatic nitrogens is 1. The van der Waals surface area contributed by atoms with Gasteiger partial charge in [0.1, 0.15) is 6.04 Å². The van der Waals surface area contributed by atoms with Crippen molar-refractivity contribution < 1.29 is 50.2 Å². The fraction of sp³-hybridized carbons (Fsp3) is 0.333. The molecule has 2 heterocycles. The summed E-state index contributed by atoms with van der Waals surface area (Å²) in [5.41, 5.74) is 1.23. The maximum absolute atomic E-state index is 14.9. The number of carboxylic acid groups (broad SMARTS) is 1. The number of likely N-dealkylation sites (tertiary alicyclic amines) is 1. The molecule has 0 unspecified atom stereocenters. The number of ether oxygens (including phenoxy) is 1. The van der Waals surface area contributed by atoms with E-state index in [0.717, 1.165) is 10.8 Å². The monoisotopic (exact) mass is 761 g/mol. The molecular formula is C36H39F4N5O7S. The number of pyridine rings is 1. The van der Waals surface area contributed by atoms with Crippen molar-refractivity contribution in [2.75, 3.05) is 38.0 Å². The van der Waals surface area contributed by atoms with E-state index < -0.39 is 51.7 Å². The number of carbonyl (C=O) groups is 3. The van der Waals surface area contributed by atoms with Crippen LogP contribution in [-0.2, 0) is 24.2 Å². The third-order valence-electron chi connectivity index (χ3n) is 8.64. The first kappa shape index (κ1) is 40.5. The molecule has 0 aliphatic carbocycles. The summed E-state index contributed by atoms with van der Waals surface area (Å²) in [4.78, 5) is 44.6. The van der Waals surface area contributed by atoms with Crippen LogP contribution in [0.3, 0.4) is 0 Å². The number of halogens is 4. The Hall–Kier alpha value is -5.29. The lowest BCUT2D eigenvalue weighted by molar-refractivity contribution is -0.192. The van der Waals surface area contributed by atoms with Crippen molar-refractivity contribution in [3.63, 3.8) is 0 Å². The van der Waals surface area contributed by atoms with Gasteiger partial charge in [0.05, 0.1) is 34.9 Å². The van der Waals surface area contributed by atoms with Crippen molar-refractivity contribution >= 4 is 44.1 Å². The number of nitrogens with zero attached hydrogens (tertiary/aromatic N) is 4. The van der Waals surface area contributed by atoms with Crippen LogP contribution in [-0.4, -0.2) is 85.3 Å². The third-order valence-corrected chi connectivity index (χ3v) is 10.4. The molecule has 5 rings (SSSR count). The lowest BCUT2D eigenvalue weighted by Gasteiger charge is -2.36. The minimum Gasteiger partial charge on any atom is -0.491 e. The average molecular weight is 762 g/mol. The Morgan fingerprint density at radius 1 is 1.04 bits per heavy atom. The maximum Gasteiger partial charge on any atom is 0.490 e. The number of aliphatic carboxylic acids is 1. The highest BCUT2D eigenvalue weighted by Gasteiger charge is 2.47. The van der Waals surface area contributed by atoms with Gasteiger partial charge in [0.15, 0.2) is 21.4 Å². The van der Waals surface area contributed by atoms with Gasteiger partial charge in [0.25, 0.3) is 5.91 Å². The first-order valence-corrected chi connectivity index (χ1v) is 18.0. The van der Waals surface area contributed by atoms with Crippen LogP contribution >= 0.6 is 0 Å². The largest absolute Gasteiger partial charge is 0.491 e. The number of carboxylic acids is 1. The van der Waals surface area contributed by atoms with Gasteiger partial charge in [-0.3, -0.25) is 19.6 Å². The number of sulfone groups is 1. The number of rotatable bonds is 10. The molecule has 3 aromatic carbocycles. The van der Waals surface area contributed by atoms with Crippen LogP contribution in [0.2, 0.25) is 0 Å². The summed E-state index contributed by atoms with van der Waals surface area (Å²) >= 11 is 0. The molecule has 53 heavy (non-hydrogen) atoms. The van der Waals surface area contributed by atoms with Gasteiger partial charge >= 0.3 is 12.1 Å². The second-order valence-corrected chi connectivity index (χ2v) is 14.4. The quantitative estimate of drug-likeness (QED) is 0.123. The molecule has 2 amide bonds. The van der Waals surface area contributed by atoms with Gasteiger partial charge in [0, 0.05) is 38.4 Å². The normalized spacial score (nSPS) is 16.4. The summed E-state index contributed by atoms with van der Waals surface area (Å²) in [7, 11) is -0.453. The van der Waals surface area contributed by atoms with Gasteiger partial charge in [-0.05, 0) is 66.3 Å². The van der Waals surface area contributed by atoms with E-state index in [1.807, 2.05) is 18.2 Å². The summed E-state index contributed by atoms with van der Waals surface area (Å²) in [5.74, 6) is 1.86. The van der Waals surface area contributed by atoms with Crippen molar-refractivity contribution in [3.05, 3.63) is 96.1 Å². The number of amides is 2. The highest BCUT2D eigenvalue weighted by molar-refractivity contribution is 7.91. The first-order chi connectivity index (χ1) is 24.9. The Labute approximate surface area is 303 Å². The molecule has 1 aliphatic heterocycles. The maximum atomic E-state index is 14.9. The van der Waals surface area contributed by atoms with Gasteiger partial charge in [-0.25, -0.2) is 23.4 Å². The fourth-order valence-corrected chi connectivity index (χ4v) is 7.24. The van der Waals surface area contributed by atoms with Crippen LogP contribution in [0.4, 0.5) is 23.2 Å². The Balaban J connectivity index is 0.000000815. The zero-order valence-electron chi connectivity index (χ0n) is 29.2. The molecule has 284 valence electrons. The second-order valence-electron chi connectivity index (χ2n) is 12.2. The number of hydrogen-bond acceptors (Lipinski definition) is 9. The molecule has 0 bridgehead atoms. The Morgan fingerprint density at radius 3 is 2.34 bits per heavy atom. The van der Waals surface area contributed by atoms with Crippen molar-refractivity contribution in [1.29, 1.82) is 0 Å². The Morgan fingerprint density at radius 2 is 1.72 bits per heavy atom. The highest BCUT2D eigenvalue weighted by Crippen LogP contribution is 2.43. The van der Waals surface area contributed by atoms with E-state index in [-0.39, 0.29) is 35.5 Å². The van der Waals surface area contributed by atoms with Crippen LogP contribution in [0.25, 0.3) is 10.8 Å².